The fourth-order valence-electron chi connectivity index (χ4n) is 1.45. The molecule has 0 bridgehead atoms. The Hall–Kier alpha value is -2.80. The van der Waals surface area contributed by atoms with Gasteiger partial charge in [-0.05, 0) is 36.4 Å². The van der Waals surface area contributed by atoms with E-state index in [1.54, 1.807) is 24.3 Å². The summed E-state index contributed by atoms with van der Waals surface area (Å²) >= 11 is 0. The molecule has 4 heteroatoms. The van der Waals surface area contributed by atoms with Crippen molar-refractivity contribution in [3.05, 3.63) is 66.0 Å². The van der Waals surface area contributed by atoms with Gasteiger partial charge in [-0.15, -0.1) is 0 Å². The van der Waals surface area contributed by atoms with E-state index in [4.69, 9.17) is 4.74 Å². The van der Waals surface area contributed by atoms with Crippen LogP contribution < -0.4 is 5.32 Å². The standard InChI is InChI=1S/C16H12FNO2/c17-14-10-8-13(9-11-14)5-4-12-20-16(19)18-15-6-2-1-3-7-15/h1-3,6-11H,12H2,(H,18,19). The van der Waals surface area contributed by atoms with Gasteiger partial charge in [0.05, 0.1) is 0 Å². The SMILES string of the molecule is O=C(Nc1ccccc1)OCC#Cc1ccc(F)cc1. The van der Waals surface area contributed by atoms with Gasteiger partial charge in [0.25, 0.3) is 0 Å². The molecule has 1 N–H and O–H groups in total. The second-order valence-electron chi connectivity index (χ2n) is 3.88. The predicted molar refractivity (Wildman–Crippen MR) is 74.7 cm³/mol. The molecule has 2 aromatic carbocycles. The number of halogens is 1. The number of nitrogens with one attached hydrogen (secondary N) is 1. The molecule has 1 amide bonds. The summed E-state index contributed by atoms with van der Waals surface area (Å²) in [6.45, 7) is -0.0317. The lowest BCUT2D eigenvalue weighted by atomic mass is 10.2. The number of anilines is 1. The first-order valence-corrected chi connectivity index (χ1v) is 5.97. The van der Waals surface area contributed by atoms with Gasteiger partial charge in [0.2, 0.25) is 0 Å². The van der Waals surface area contributed by atoms with Crippen LogP contribution in [0.25, 0.3) is 0 Å². The predicted octanol–water partition coefficient (Wildman–Crippen LogP) is 3.43. The van der Waals surface area contributed by atoms with Gasteiger partial charge in [0.1, 0.15) is 5.82 Å². The molecule has 0 spiro atoms. The van der Waals surface area contributed by atoms with E-state index in [0.717, 1.165) is 0 Å². The third-order valence-electron chi connectivity index (χ3n) is 2.37. The molecule has 0 fully saturated rings. The first-order valence-electron chi connectivity index (χ1n) is 5.97. The lowest BCUT2D eigenvalue weighted by molar-refractivity contribution is 0.176. The number of amides is 1. The summed E-state index contributed by atoms with van der Waals surface area (Å²) in [7, 11) is 0. The van der Waals surface area contributed by atoms with E-state index in [1.807, 2.05) is 18.2 Å². The highest BCUT2D eigenvalue weighted by molar-refractivity contribution is 5.84. The van der Waals surface area contributed by atoms with Gasteiger partial charge in [-0.25, -0.2) is 9.18 Å². The summed E-state index contributed by atoms with van der Waals surface area (Å²) in [6, 6.07) is 14.8. The molecule has 0 saturated heterocycles. The number of hydrogen-bond acceptors (Lipinski definition) is 2. The topological polar surface area (TPSA) is 38.3 Å². The maximum atomic E-state index is 12.7. The minimum absolute atomic E-state index is 0.0317. The van der Waals surface area contributed by atoms with E-state index in [-0.39, 0.29) is 12.4 Å². The number of para-hydroxylation sites is 1. The molecule has 0 saturated carbocycles. The molecule has 2 aromatic rings. The van der Waals surface area contributed by atoms with E-state index < -0.39 is 6.09 Å². The zero-order valence-corrected chi connectivity index (χ0v) is 10.6. The van der Waals surface area contributed by atoms with Crippen LogP contribution in [0, 0.1) is 17.7 Å². The van der Waals surface area contributed by atoms with Crippen LogP contribution in [-0.2, 0) is 4.74 Å². The van der Waals surface area contributed by atoms with Crippen LogP contribution >= 0.6 is 0 Å². The third-order valence-corrected chi connectivity index (χ3v) is 2.37. The number of benzene rings is 2. The fourth-order valence-corrected chi connectivity index (χ4v) is 1.45. The summed E-state index contributed by atoms with van der Waals surface area (Å²) in [5.41, 5.74) is 1.32. The Kier molecular flexibility index (Phi) is 4.74. The maximum Gasteiger partial charge on any atom is 0.412 e. The average molecular weight is 269 g/mol. The highest BCUT2D eigenvalue weighted by atomic mass is 19.1. The molecular formula is C16H12FNO2. The van der Waals surface area contributed by atoms with Crippen LogP contribution in [0.2, 0.25) is 0 Å². The summed E-state index contributed by atoms with van der Waals surface area (Å²) in [5, 5.41) is 2.57. The highest BCUT2D eigenvalue weighted by Crippen LogP contribution is 2.05. The molecule has 0 unspecified atom stereocenters. The average Bonchev–Trinajstić information content (AvgIpc) is 2.46. The van der Waals surface area contributed by atoms with Crippen LogP contribution in [-0.4, -0.2) is 12.7 Å². The number of carbonyl (C=O) groups is 1. The molecule has 100 valence electrons. The first-order chi connectivity index (χ1) is 9.74. The molecule has 0 aliphatic rings. The van der Waals surface area contributed by atoms with Crippen molar-refractivity contribution in [3.63, 3.8) is 0 Å². The monoisotopic (exact) mass is 269 g/mol. The Balaban J connectivity index is 1.79. The Bertz CT molecular complexity index is 627. The van der Waals surface area contributed by atoms with Crippen molar-refractivity contribution in [1.82, 2.24) is 0 Å². The second kappa shape index (κ2) is 6.95. The summed E-state index contributed by atoms with van der Waals surface area (Å²) in [5.74, 6) is 5.14. The normalized spacial score (nSPS) is 9.25. The molecule has 0 aliphatic carbocycles. The summed E-state index contributed by atoms with van der Waals surface area (Å²) in [4.78, 5) is 11.4. The molecule has 0 aromatic heterocycles. The second-order valence-corrected chi connectivity index (χ2v) is 3.88. The lowest BCUT2D eigenvalue weighted by Gasteiger charge is -2.03. The van der Waals surface area contributed by atoms with Crippen molar-refractivity contribution in [3.8, 4) is 11.8 Å². The van der Waals surface area contributed by atoms with Crippen LogP contribution in [0.15, 0.2) is 54.6 Å². The molecule has 0 heterocycles. The Labute approximate surface area is 116 Å². The third kappa shape index (κ3) is 4.46. The Morgan fingerprint density at radius 2 is 1.80 bits per heavy atom. The van der Waals surface area contributed by atoms with Crippen molar-refractivity contribution in [2.24, 2.45) is 0 Å². The van der Waals surface area contributed by atoms with Gasteiger partial charge in [0, 0.05) is 11.3 Å². The van der Waals surface area contributed by atoms with Gasteiger partial charge in [-0.1, -0.05) is 30.0 Å². The maximum absolute atomic E-state index is 12.7. The van der Waals surface area contributed by atoms with Crippen LogP contribution in [0.1, 0.15) is 5.56 Å². The summed E-state index contributed by atoms with van der Waals surface area (Å²) in [6.07, 6.45) is -0.565. The van der Waals surface area contributed by atoms with Crippen LogP contribution in [0.3, 0.4) is 0 Å². The largest absolute Gasteiger partial charge is 0.436 e. The van der Waals surface area contributed by atoms with Crippen molar-refractivity contribution in [2.45, 2.75) is 0 Å². The molecule has 0 aliphatic heterocycles. The molecule has 3 nitrogen and oxygen atoms in total. The zero-order valence-electron chi connectivity index (χ0n) is 10.6. The van der Waals surface area contributed by atoms with E-state index in [0.29, 0.717) is 11.3 Å². The van der Waals surface area contributed by atoms with Gasteiger partial charge in [0.15, 0.2) is 6.61 Å². The van der Waals surface area contributed by atoms with Gasteiger partial charge in [-0.2, -0.15) is 0 Å². The molecule has 20 heavy (non-hydrogen) atoms. The Morgan fingerprint density at radius 1 is 1.10 bits per heavy atom. The molecule has 0 atom stereocenters. The molecule has 2 rings (SSSR count). The van der Waals surface area contributed by atoms with Gasteiger partial charge in [-0.3, -0.25) is 5.32 Å². The lowest BCUT2D eigenvalue weighted by Crippen LogP contribution is -2.13. The number of rotatable bonds is 2. The smallest absolute Gasteiger partial charge is 0.412 e. The number of hydrogen-bond donors (Lipinski definition) is 1. The van der Waals surface area contributed by atoms with Crippen LogP contribution in [0.4, 0.5) is 14.9 Å². The molecule has 0 radical (unpaired) electrons. The van der Waals surface area contributed by atoms with Gasteiger partial charge < -0.3 is 4.74 Å². The zero-order chi connectivity index (χ0) is 14.2. The van der Waals surface area contributed by atoms with E-state index in [2.05, 4.69) is 17.2 Å². The van der Waals surface area contributed by atoms with Crippen molar-refractivity contribution < 1.29 is 13.9 Å². The molecular weight excluding hydrogens is 257 g/mol. The van der Waals surface area contributed by atoms with E-state index >= 15 is 0 Å². The van der Waals surface area contributed by atoms with Crippen molar-refractivity contribution in [2.75, 3.05) is 11.9 Å². The van der Waals surface area contributed by atoms with Crippen molar-refractivity contribution >= 4 is 11.8 Å². The first kappa shape index (κ1) is 13.6. The number of ether oxygens (including phenoxy) is 1. The highest BCUT2D eigenvalue weighted by Gasteiger charge is 2.00. The van der Waals surface area contributed by atoms with E-state index in [1.165, 1.54) is 12.1 Å². The van der Waals surface area contributed by atoms with E-state index in [9.17, 15) is 9.18 Å². The minimum atomic E-state index is -0.565. The van der Waals surface area contributed by atoms with Crippen molar-refractivity contribution in [1.29, 1.82) is 0 Å². The quantitative estimate of drug-likeness (QED) is 0.848. The summed E-state index contributed by atoms with van der Waals surface area (Å²) < 4.78 is 17.6. The number of carbonyl (C=O) groups excluding carboxylic acids is 1. The van der Waals surface area contributed by atoms with Gasteiger partial charge >= 0.3 is 6.09 Å². The minimum Gasteiger partial charge on any atom is -0.436 e. The van der Waals surface area contributed by atoms with Crippen LogP contribution in [0.5, 0.6) is 0 Å². The fraction of sp³-hybridized carbons (Fsp3) is 0.0625. The Morgan fingerprint density at radius 3 is 2.50 bits per heavy atom.